The summed E-state index contributed by atoms with van der Waals surface area (Å²) >= 11 is 0. The first-order valence-corrected chi connectivity index (χ1v) is 5.92. The summed E-state index contributed by atoms with van der Waals surface area (Å²) < 4.78 is 0. The molecule has 0 saturated carbocycles. The maximum atomic E-state index is 4.29. The normalized spacial score (nSPS) is 21.8. The van der Waals surface area contributed by atoms with Crippen molar-refractivity contribution in [1.82, 2.24) is 24.8 Å². The molecule has 0 aliphatic carbocycles. The fourth-order valence-electron chi connectivity index (χ4n) is 2.35. The van der Waals surface area contributed by atoms with Gasteiger partial charge in [0.2, 0.25) is 0 Å². The lowest BCUT2D eigenvalue weighted by atomic mass is 10.1. The van der Waals surface area contributed by atoms with E-state index in [9.17, 15) is 0 Å². The Morgan fingerprint density at radius 2 is 2.35 bits per heavy atom. The Balaban J connectivity index is 1.82. The molecule has 0 bridgehead atoms. The molecule has 6 nitrogen and oxygen atoms in total. The standard InChI is InChI=1S/C11H16N6/c1-17-4-2-3-8(5-17)16-11-9-10(13-6-12-9)14-7-15-11/h6-8H,2-5H2,1H3,(H2,12,13,14,15,16). The summed E-state index contributed by atoms with van der Waals surface area (Å²) in [5.41, 5.74) is 1.60. The van der Waals surface area contributed by atoms with Crippen molar-refractivity contribution in [3.63, 3.8) is 0 Å². The molecule has 1 aliphatic rings. The van der Waals surface area contributed by atoms with Crippen LogP contribution in [0.4, 0.5) is 5.82 Å². The molecule has 0 radical (unpaired) electrons. The van der Waals surface area contributed by atoms with Crippen LogP contribution in [0, 0.1) is 0 Å². The molecule has 17 heavy (non-hydrogen) atoms. The Kier molecular flexibility index (Phi) is 2.64. The molecule has 90 valence electrons. The van der Waals surface area contributed by atoms with Gasteiger partial charge in [-0.3, -0.25) is 0 Å². The Labute approximate surface area is 99.5 Å². The summed E-state index contributed by atoms with van der Waals surface area (Å²) in [6.07, 6.45) is 5.62. The van der Waals surface area contributed by atoms with Crippen molar-refractivity contribution in [3.05, 3.63) is 12.7 Å². The van der Waals surface area contributed by atoms with E-state index in [4.69, 9.17) is 0 Å². The first-order valence-electron chi connectivity index (χ1n) is 5.92. The number of nitrogens with one attached hydrogen (secondary N) is 2. The number of nitrogens with zero attached hydrogens (tertiary/aromatic N) is 4. The average Bonchev–Trinajstić information content (AvgIpc) is 2.78. The third kappa shape index (κ3) is 2.08. The first-order chi connectivity index (χ1) is 8.33. The highest BCUT2D eigenvalue weighted by Gasteiger charge is 2.18. The second kappa shape index (κ2) is 4.29. The molecule has 0 aromatic carbocycles. The summed E-state index contributed by atoms with van der Waals surface area (Å²) in [4.78, 5) is 17.9. The van der Waals surface area contributed by atoms with Crippen molar-refractivity contribution in [3.8, 4) is 0 Å². The summed E-state index contributed by atoms with van der Waals surface area (Å²) in [7, 11) is 2.15. The van der Waals surface area contributed by atoms with E-state index < -0.39 is 0 Å². The van der Waals surface area contributed by atoms with Crippen molar-refractivity contribution in [2.45, 2.75) is 18.9 Å². The second-order valence-corrected chi connectivity index (χ2v) is 4.57. The van der Waals surface area contributed by atoms with Gasteiger partial charge in [-0.25, -0.2) is 15.0 Å². The number of rotatable bonds is 2. The van der Waals surface area contributed by atoms with Gasteiger partial charge in [0, 0.05) is 12.6 Å². The van der Waals surface area contributed by atoms with Crippen molar-refractivity contribution in [2.24, 2.45) is 0 Å². The Bertz CT molecular complexity index is 507. The zero-order valence-electron chi connectivity index (χ0n) is 9.85. The molecule has 1 unspecified atom stereocenters. The van der Waals surface area contributed by atoms with E-state index in [0.29, 0.717) is 11.7 Å². The topological polar surface area (TPSA) is 69.7 Å². The summed E-state index contributed by atoms with van der Waals surface area (Å²) in [5, 5.41) is 3.48. The zero-order valence-corrected chi connectivity index (χ0v) is 9.85. The fourth-order valence-corrected chi connectivity index (χ4v) is 2.35. The molecule has 0 spiro atoms. The highest BCUT2D eigenvalue weighted by molar-refractivity contribution is 5.82. The molecule has 3 rings (SSSR count). The van der Waals surface area contributed by atoms with E-state index >= 15 is 0 Å². The predicted molar refractivity (Wildman–Crippen MR) is 65.8 cm³/mol. The van der Waals surface area contributed by atoms with E-state index in [-0.39, 0.29) is 0 Å². The van der Waals surface area contributed by atoms with Crippen LogP contribution >= 0.6 is 0 Å². The van der Waals surface area contributed by atoms with Crippen LogP contribution in [-0.2, 0) is 0 Å². The minimum Gasteiger partial charge on any atom is -0.364 e. The van der Waals surface area contributed by atoms with Gasteiger partial charge in [0.05, 0.1) is 6.33 Å². The molecule has 1 aliphatic heterocycles. The van der Waals surface area contributed by atoms with Gasteiger partial charge >= 0.3 is 0 Å². The third-order valence-corrected chi connectivity index (χ3v) is 3.19. The third-order valence-electron chi connectivity index (χ3n) is 3.19. The summed E-state index contributed by atoms with van der Waals surface area (Å²) in [6.45, 7) is 2.24. The minimum atomic E-state index is 0.454. The fraction of sp³-hybridized carbons (Fsp3) is 0.545. The number of aromatic nitrogens is 4. The van der Waals surface area contributed by atoms with E-state index in [2.05, 4.69) is 37.2 Å². The van der Waals surface area contributed by atoms with Gasteiger partial charge in [0.25, 0.3) is 0 Å². The smallest absolute Gasteiger partial charge is 0.182 e. The van der Waals surface area contributed by atoms with Gasteiger partial charge in [-0.05, 0) is 26.4 Å². The zero-order chi connectivity index (χ0) is 11.7. The number of piperidine rings is 1. The van der Waals surface area contributed by atoms with E-state index in [1.165, 1.54) is 19.4 Å². The largest absolute Gasteiger partial charge is 0.364 e. The molecule has 1 fully saturated rings. The van der Waals surface area contributed by atoms with Crippen LogP contribution in [0.25, 0.3) is 11.2 Å². The molecule has 2 aromatic rings. The molecular formula is C11H16N6. The molecule has 0 amide bonds. The highest BCUT2D eigenvalue weighted by Crippen LogP contribution is 2.18. The van der Waals surface area contributed by atoms with E-state index in [1.54, 1.807) is 12.7 Å². The van der Waals surface area contributed by atoms with Gasteiger partial charge in [0.1, 0.15) is 11.8 Å². The number of likely N-dealkylation sites (tertiary alicyclic amines) is 1. The maximum absolute atomic E-state index is 4.29. The molecule has 1 saturated heterocycles. The van der Waals surface area contributed by atoms with Crippen molar-refractivity contribution in [1.29, 1.82) is 0 Å². The van der Waals surface area contributed by atoms with Crippen LogP contribution in [-0.4, -0.2) is 51.0 Å². The molecule has 2 aromatic heterocycles. The lowest BCUT2D eigenvalue weighted by Gasteiger charge is -2.30. The minimum absolute atomic E-state index is 0.454. The van der Waals surface area contributed by atoms with Crippen LogP contribution in [0.5, 0.6) is 0 Å². The molecule has 6 heteroatoms. The number of aromatic amines is 1. The Hall–Kier alpha value is -1.69. The number of imidazole rings is 1. The molecule has 3 heterocycles. The van der Waals surface area contributed by atoms with Gasteiger partial charge in [-0.15, -0.1) is 0 Å². The number of anilines is 1. The predicted octanol–water partition coefficient (Wildman–Crippen LogP) is 0.859. The van der Waals surface area contributed by atoms with E-state index in [0.717, 1.165) is 17.9 Å². The van der Waals surface area contributed by atoms with Gasteiger partial charge in [-0.1, -0.05) is 0 Å². The Morgan fingerprint density at radius 3 is 3.24 bits per heavy atom. The molecule has 2 N–H and O–H groups in total. The van der Waals surface area contributed by atoms with Crippen LogP contribution in [0.1, 0.15) is 12.8 Å². The number of fused-ring (bicyclic) bond motifs is 1. The van der Waals surface area contributed by atoms with Crippen LogP contribution < -0.4 is 5.32 Å². The second-order valence-electron chi connectivity index (χ2n) is 4.57. The van der Waals surface area contributed by atoms with Crippen LogP contribution in [0.15, 0.2) is 12.7 Å². The lowest BCUT2D eigenvalue weighted by Crippen LogP contribution is -2.39. The number of hydrogen-bond acceptors (Lipinski definition) is 5. The van der Waals surface area contributed by atoms with Gasteiger partial charge in [-0.2, -0.15) is 0 Å². The van der Waals surface area contributed by atoms with Crippen molar-refractivity contribution < 1.29 is 0 Å². The lowest BCUT2D eigenvalue weighted by molar-refractivity contribution is 0.261. The summed E-state index contributed by atoms with van der Waals surface area (Å²) in [5.74, 6) is 0.854. The highest BCUT2D eigenvalue weighted by atomic mass is 15.2. The quantitative estimate of drug-likeness (QED) is 0.803. The maximum Gasteiger partial charge on any atom is 0.182 e. The van der Waals surface area contributed by atoms with Gasteiger partial charge in [0.15, 0.2) is 11.5 Å². The van der Waals surface area contributed by atoms with Crippen molar-refractivity contribution in [2.75, 3.05) is 25.5 Å². The van der Waals surface area contributed by atoms with E-state index in [1.807, 2.05) is 0 Å². The number of H-pyrrole nitrogens is 1. The van der Waals surface area contributed by atoms with Crippen LogP contribution in [0.3, 0.4) is 0 Å². The van der Waals surface area contributed by atoms with Crippen molar-refractivity contribution >= 4 is 17.0 Å². The monoisotopic (exact) mass is 232 g/mol. The number of hydrogen-bond donors (Lipinski definition) is 2. The van der Waals surface area contributed by atoms with Crippen LogP contribution in [0.2, 0.25) is 0 Å². The Morgan fingerprint density at radius 1 is 1.41 bits per heavy atom. The number of likely N-dealkylation sites (N-methyl/N-ethyl adjacent to an activating group) is 1. The van der Waals surface area contributed by atoms with Gasteiger partial charge < -0.3 is 15.2 Å². The molecular weight excluding hydrogens is 216 g/mol. The SMILES string of the molecule is CN1CCCC(Nc2ncnc3nc[nH]c23)C1. The molecule has 1 atom stereocenters. The average molecular weight is 232 g/mol. The first kappa shape index (κ1) is 10.5. The summed E-state index contributed by atoms with van der Waals surface area (Å²) in [6, 6.07) is 0.454.